The normalized spacial score (nSPS) is 20.7. The van der Waals surface area contributed by atoms with Crippen LogP contribution in [0.15, 0.2) is 5.38 Å². The van der Waals surface area contributed by atoms with Gasteiger partial charge in [0.15, 0.2) is 0 Å². The summed E-state index contributed by atoms with van der Waals surface area (Å²) >= 11 is 1.81. The fourth-order valence-electron chi connectivity index (χ4n) is 2.83. The van der Waals surface area contributed by atoms with E-state index >= 15 is 0 Å². The number of nitrogens with one attached hydrogen (secondary N) is 1. The molecule has 1 aromatic rings. The number of thiazole rings is 1. The number of hydrogen-bond donors (Lipinski definition) is 1. The molecule has 20 heavy (non-hydrogen) atoms. The molecular formula is C16H29N3S. The Labute approximate surface area is 127 Å². The van der Waals surface area contributed by atoms with Gasteiger partial charge in [-0.05, 0) is 44.8 Å². The predicted octanol–water partition coefficient (Wildman–Crippen LogP) is 3.48. The first-order chi connectivity index (χ1) is 9.69. The quantitative estimate of drug-likeness (QED) is 0.781. The zero-order valence-corrected chi connectivity index (χ0v) is 14.0. The fourth-order valence-corrected chi connectivity index (χ4v) is 3.66. The number of nitrogens with zero attached hydrogens (tertiary/aromatic N) is 2. The molecule has 4 heteroatoms. The standard InChI is InChI=1S/C16H29N3S/c1-4-7-17-9-14-6-5-8-19(10-14)11-15-12-20-16(18-15)13(2)3/h12-14,17H,4-11H2,1-3H3. The van der Waals surface area contributed by atoms with E-state index in [0.29, 0.717) is 5.92 Å². The lowest BCUT2D eigenvalue weighted by atomic mass is 9.98. The molecule has 1 unspecified atom stereocenters. The number of hydrogen-bond acceptors (Lipinski definition) is 4. The molecule has 2 heterocycles. The maximum Gasteiger partial charge on any atom is 0.0954 e. The molecule has 0 radical (unpaired) electrons. The van der Waals surface area contributed by atoms with Gasteiger partial charge < -0.3 is 5.32 Å². The van der Waals surface area contributed by atoms with Crippen molar-refractivity contribution >= 4 is 11.3 Å². The Kier molecular flexibility index (Phi) is 6.46. The molecule has 0 saturated carbocycles. The first-order valence-electron chi connectivity index (χ1n) is 8.06. The van der Waals surface area contributed by atoms with E-state index in [-0.39, 0.29) is 0 Å². The Morgan fingerprint density at radius 2 is 2.35 bits per heavy atom. The summed E-state index contributed by atoms with van der Waals surface area (Å²) in [5.74, 6) is 1.37. The van der Waals surface area contributed by atoms with Gasteiger partial charge in [-0.25, -0.2) is 4.98 Å². The summed E-state index contributed by atoms with van der Waals surface area (Å²) in [4.78, 5) is 7.35. The van der Waals surface area contributed by atoms with Crippen LogP contribution in [0.3, 0.4) is 0 Å². The van der Waals surface area contributed by atoms with E-state index in [4.69, 9.17) is 4.98 Å². The molecule has 114 valence electrons. The second-order valence-corrected chi connectivity index (χ2v) is 7.17. The van der Waals surface area contributed by atoms with Crippen LogP contribution in [0.2, 0.25) is 0 Å². The Balaban J connectivity index is 1.79. The van der Waals surface area contributed by atoms with E-state index in [0.717, 1.165) is 19.0 Å². The highest BCUT2D eigenvalue weighted by atomic mass is 32.1. The van der Waals surface area contributed by atoms with E-state index in [9.17, 15) is 0 Å². The lowest BCUT2D eigenvalue weighted by Crippen LogP contribution is -2.39. The van der Waals surface area contributed by atoms with E-state index < -0.39 is 0 Å². The van der Waals surface area contributed by atoms with Crippen LogP contribution in [0.5, 0.6) is 0 Å². The van der Waals surface area contributed by atoms with E-state index in [1.807, 2.05) is 11.3 Å². The van der Waals surface area contributed by atoms with Gasteiger partial charge in [-0.2, -0.15) is 0 Å². The molecule has 1 fully saturated rings. The third-order valence-corrected chi connectivity index (χ3v) is 5.11. The second kappa shape index (κ2) is 8.11. The summed E-state index contributed by atoms with van der Waals surface area (Å²) in [5, 5.41) is 7.09. The lowest BCUT2D eigenvalue weighted by Gasteiger charge is -2.32. The summed E-state index contributed by atoms with van der Waals surface area (Å²) < 4.78 is 0. The van der Waals surface area contributed by atoms with Crippen molar-refractivity contribution in [3.63, 3.8) is 0 Å². The first kappa shape index (κ1) is 15.9. The van der Waals surface area contributed by atoms with Gasteiger partial charge in [-0.15, -0.1) is 11.3 Å². The average molecular weight is 295 g/mol. The molecule has 0 spiro atoms. The van der Waals surface area contributed by atoms with Crippen LogP contribution < -0.4 is 5.32 Å². The molecular weight excluding hydrogens is 266 g/mol. The maximum absolute atomic E-state index is 4.77. The monoisotopic (exact) mass is 295 g/mol. The molecule has 0 amide bonds. The van der Waals surface area contributed by atoms with Crippen molar-refractivity contribution in [2.45, 2.75) is 52.5 Å². The van der Waals surface area contributed by atoms with Gasteiger partial charge in [-0.1, -0.05) is 20.8 Å². The molecule has 1 aliphatic rings. The maximum atomic E-state index is 4.77. The number of rotatable bonds is 7. The minimum absolute atomic E-state index is 0.557. The van der Waals surface area contributed by atoms with Gasteiger partial charge in [-0.3, -0.25) is 4.90 Å². The summed E-state index contributed by atoms with van der Waals surface area (Å²) in [7, 11) is 0. The number of aromatic nitrogens is 1. The zero-order valence-electron chi connectivity index (χ0n) is 13.2. The van der Waals surface area contributed by atoms with Crippen molar-refractivity contribution in [1.82, 2.24) is 15.2 Å². The van der Waals surface area contributed by atoms with Crippen molar-refractivity contribution < 1.29 is 0 Å². The van der Waals surface area contributed by atoms with Gasteiger partial charge >= 0.3 is 0 Å². The van der Waals surface area contributed by atoms with Crippen molar-refractivity contribution in [3.05, 3.63) is 16.1 Å². The summed E-state index contributed by atoms with van der Waals surface area (Å²) in [6, 6.07) is 0. The van der Waals surface area contributed by atoms with Crippen LogP contribution in [0, 0.1) is 5.92 Å². The molecule has 1 aliphatic heterocycles. The van der Waals surface area contributed by atoms with Gasteiger partial charge in [0.1, 0.15) is 0 Å². The fraction of sp³-hybridized carbons (Fsp3) is 0.812. The predicted molar refractivity (Wildman–Crippen MR) is 87.4 cm³/mol. The van der Waals surface area contributed by atoms with Crippen LogP contribution in [0.4, 0.5) is 0 Å². The largest absolute Gasteiger partial charge is 0.316 e. The lowest BCUT2D eigenvalue weighted by molar-refractivity contribution is 0.164. The molecule has 2 rings (SSSR count). The van der Waals surface area contributed by atoms with Gasteiger partial charge in [0.2, 0.25) is 0 Å². The van der Waals surface area contributed by atoms with E-state index in [1.54, 1.807) is 0 Å². The molecule has 1 saturated heterocycles. The summed E-state index contributed by atoms with van der Waals surface area (Å²) in [5.41, 5.74) is 1.26. The SMILES string of the molecule is CCCNCC1CCCN(Cc2csc(C(C)C)n2)C1. The van der Waals surface area contributed by atoms with Crippen molar-refractivity contribution in [2.75, 3.05) is 26.2 Å². The van der Waals surface area contributed by atoms with Crippen LogP contribution in [-0.4, -0.2) is 36.1 Å². The first-order valence-corrected chi connectivity index (χ1v) is 8.94. The molecule has 0 aromatic carbocycles. The Hall–Kier alpha value is -0.450. The second-order valence-electron chi connectivity index (χ2n) is 6.28. The molecule has 1 atom stereocenters. The van der Waals surface area contributed by atoms with Crippen LogP contribution in [-0.2, 0) is 6.54 Å². The molecule has 3 nitrogen and oxygen atoms in total. The molecule has 0 aliphatic carbocycles. The highest BCUT2D eigenvalue weighted by Gasteiger charge is 2.20. The third-order valence-electron chi connectivity index (χ3n) is 3.91. The topological polar surface area (TPSA) is 28.2 Å². The number of piperidine rings is 1. The third kappa shape index (κ3) is 4.83. The summed E-state index contributed by atoms with van der Waals surface area (Å²) in [6.45, 7) is 12.5. The molecule has 0 bridgehead atoms. The molecule has 1 N–H and O–H groups in total. The van der Waals surface area contributed by atoms with E-state index in [1.165, 1.54) is 49.6 Å². The molecule has 1 aromatic heterocycles. The minimum Gasteiger partial charge on any atom is -0.316 e. The highest BCUT2D eigenvalue weighted by Crippen LogP contribution is 2.22. The highest BCUT2D eigenvalue weighted by molar-refractivity contribution is 7.09. The average Bonchev–Trinajstić information content (AvgIpc) is 2.88. The Bertz CT molecular complexity index is 389. The van der Waals surface area contributed by atoms with Crippen molar-refractivity contribution in [1.29, 1.82) is 0 Å². The number of likely N-dealkylation sites (tertiary alicyclic amines) is 1. The van der Waals surface area contributed by atoms with Crippen LogP contribution in [0.25, 0.3) is 0 Å². The van der Waals surface area contributed by atoms with Crippen LogP contribution >= 0.6 is 11.3 Å². The Morgan fingerprint density at radius 3 is 3.05 bits per heavy atom. The van der Waals surface area contributed by atoms with Crippen LogP contribution in [0.1, 0.15) is 56.7 Å². The van der Waals surface area contributed by atoms with Gasteiger partial charge in [0.25, 0.3) is 0 Å². The Morgan fingerprint density at radius 1 is 1.50 bits per heavy atom. The van der Waals surface area contributed by atoms with Crippen molar-refractivity contribution in [3.8, 4) is 0 Å². The van der Waals surface area contributed by atoms with E-state index in [2.05, 4.69) is 36.4 Å². The van der Waals surface area contributed by atoms with Gasteiger partial charge in [0.05, 0.1) is 10.7 Å². The summed E-state index contributed by atoms with van der Waals surface area (Å²) in [6.07, 6.45) is 3.94. The van der Waals surface area contributed by atoms with Crippen molar-refractivity contribution in [2.24, 2.45) is 5.92 Å². The minimum atomic E-state index is 0.557. The smallest absolute Gasteiger partial charge is 0.0954 e. The zero-order chi connectivity index (χ0) is 14.4. The van der Waals surface area contributed by atoms with Gasteiger partial charge in [0, 0.05) is 24.4 Å².